The summed E-state index contributed by atoms with van der Waals surface area (Å²) in [7, 11) is 0. The van der Waals surface area contributed by atoms with Gasteiger partial charge in [0, 0.05) is 17.1 Å². The van der Waals surface area contributed by atoms with E-state index in [4.69, 9.17) is 27.9 Å². The van der Waals surface area contributed by atoms with Crippen molar-refractivity contribution in [1.29, 1.82) is 0 Å². The molecule has 5 heteroatoms. The van der Waals surface area contributed by atoms with Crippen LogP contribution >= 0.6 is 39.1 Å². The van der Waals surface area contributed by atoms with Gasteiger partial charge in [-0.1, -0.05) is 49.4 Å². The molecule has 0 atom stereocenters. The van der Waals surface area contributed by atoms with Gasteiger partial charge in [-0.15, -0.1) is 0 Å². The Morgan fingerprint density at radius 3 is 2.63 bits per heavy atom. The van der Waals surface area contributed by atoms with E-state index in [1.165, 1.54) is 25.7 Å². The largest absolute Gasteiger partial charge is 0.491 e. The average molecular weight is 369 g/mol. The molecule has 1 aromatic rings. The Balaban J connectivity index is 2.17. The van der Waals surface area contributed by atoms with E-state index < -0.39 is 0 Å². The van der Waals surface area contributed by atoms with Crippen LogP contribution in [0, 0.1) is 0 Å². The molecule has 0 radical (unpaired) electrons. The molecule has 19 heavy (non-hydrogen) atoms. The van der Waals surface area contributed by atoms with Gasteiger partial charge >= 0.3 is 0 Å². The smallest absolute Gasteiger partial charge is 0.139 e. The second-order valence-corrected chi connectivity index (χ2v) is 6.02. The fraction of sp³-hybridized carbons (Fsp3) is 0.571. The zero-order chi connectivity index (χ0) is 14.1. The van der Waals surface area contributed by atoms with Crippen molar-refractivity contribution >= 4 is 39.1 Å². The van der Waals surface area contributed by atoms with Crippen LogP contribution in [0.25, 0.3) is 0 Å². The van der Waals surface area contributed by atoms with E-state index in [0.29, 0.717) is 22.4 Å². The van der Waals surface area contributed by atoms with Crippen molar-refractivity contribution in [2.24, 2.45) is 0 Å². The first-order valence-electron chi connectivity index (χ1n) is 6.63. The molecule has 0 aliphatic heterocycles. The van der Waals surface area contributed by atoms with E-state index in [2.05, 4.69) is 28.2 Å². The third-order valence-corrected chi connectivity index (χ3v) is 4.21. The first-order chi connectivity index (χ1) is 9.15. The number of hydrogen-bond donors (Lipinski definition) is 1. The number of halogens is 3. The summed E-state index contributed by atoms with van der Waals surface area (Å²) in [4.78, 5) is 0. The van der Waals surface area contributed by atoms with Gasteiger partial charge in [0.05, 0.1) is 10.0 Å². The Labute approximate surface area is 133 Å². The highest BCUT2D eigenvalue weighted by molar-refractivity contribution is 9.10. The average Bonchev–Trinajstić information content (AvgIpc) is 2.38. The molecule has 108 valence electrons. The highest BCUT2D eigenvalue weighted by Gasteiger charge is 2.06. The van der Waals surface area contributed by atoms with Crippen LogP contribution in [0.1, 0.15) is 32.6 Å². The summed E-state index contributed by atoms with van der Waals surface area (Å²) in [6, 6.07) is 3.48. The second-order valence-electron chi connectivity index (χ2n) is 4.36. The van der Waals surface area contributed by atoms with Crippen LogP contribution in [0.15, 0.2) is 16.6 Å². The Hall–Kier alpha value is 0.0400. The number of rotatable bonds is 9. The Morgan fingerprint density at radius 1 is 1.11 bits per heavy atom. The molecule has 0 amide bonds. The Bertz CT molecular complexity index is 388. The maximum absolute atomic E-state index is 6.06. The summed E-state index contributed by atoms with van der Waals surface area (Å²) < 4.78 is 6.38. The highest BCUT2D eigenvalue weighted by Crippen LogP contribution is 2.33. The van der Waals surface area contributed by atoms with Gasteiger partial charge in [0.2, 0.25) is 0 Å². The van der Waals surface area contributed by atoms with Crippen molar-refractivity contribution in [2.75, 3.05) is 19.7 Å². The Kier molecular flexibility index (Phi) is 8.88. The zero-order valence-corrected chi connectivity index (χ0v) is 14.2. The molecular formula is C14H20BrCl2NO. The van der Waals surface area contributed by atoms with E-state index in [9.17, 15) is 0 Å². The molecule has 0 aromatic heterocycles. The van der Waals surface area contributed by atoms with Crippen LogP contribution in [-0.2, 0) is 0 Å². The summed E-state index contributed by atoms with van der Waals surface area (Å²) in [6.45, 7) is 4.66. The van der Waals surface area contributed by atoms with E-state index in [-0.39, 0.29) is 0 Å². The van der Waals surface area contributed by atoms with Gasteiger partial charge in [-0.2, -0.15) is 0 Å². The quantitative estimate of drug-likeness (QED) is 0.471. The molecule has 0 bridgehead atoms. The molecule has 1 aromatic carbocycles. The lowest BCUT2D eigenvalue weighted by atomic mass is 10.2. The number of benzene rings is 1. The molecule has 0 saturated carbocycles. The van der Waals surface area contributed by atoms with E-state index >= 15 is 0 Å². The second kappa shape index (κ2) is 9.87. The van der Waals surface area contributed by atoms with E-state index in [1.54, 1.807) is 12.1 Å². The van der Waals surface area contributed by atoms with Gasteiger partial charge in [-0.05, 0) is 35.0 Å². The lowest BCUT2D eigenvalue weighted by Crippen LogP contribution is -2.22. The summed E-state index contributed by atoms with van der Waals surface area (Å²) in [5, 5.41) is 4.52. The van der Waals surface area contributed by atoms with Gasteiger partial charge in [0.25, 0.3) is 0 Å². The van der Waals surface area contributed by atoms with Gasteiger partial charge in [-0.25, -0.2) is 0 Å². The van der Waals surface area contributed by atoms with Crippen LogP contribution in [-0.4, -0.2) is 19.7 Å². The molecular weight excluding hydrogens is 349 g/mol. The number of nitrogens with one attached hydrogen (secondary N) is 1. The number of ether oxygens (including phenoxy) is 1. The first-order valence-corrected chi connectivity index (χ1v) is 8.18. The monoisotopic (exact) mass is 367 g/mol. The molecule has 2 nitrogen and oxygen atoms in total. The minimum Gasteiger partial charge on any atom is -0.491 e. The van der Waals surface area contributed by atoms with Gasteiger partial charge in [0.1, 0.15) is 12.4 Å². The van der Waals surface area contributed by atoms with E-state index in [1.807, 2.05) is 0 Å². The standard InChI is InChI=1S/C14H20BrCl2NO/c1-2-3-4-5-6-18-7-8-19-14-10-12(16)11(15)9-13(14)17/h9-10,18H,2-8H2,1H3. The molecule has 0 aliphatic carbocycles. The fourth-order valence-electron chi connectivity index (χ4n) is 1.65. The molecule has 0 unspecified atom stereocenters. The molecule has 1 rings (SSSR count). The summed E-state index contributed by atoms with van der Waals surface area (Å²) in [5.74, 6) is 0.627. The van der Waals surface area contributed by atoms with Crippen LogP contribution in [0.5, 0.6) is 5.75 Å². The Morgan fingerprint density at radius 2 is 1.89 bits per heavy atom. The molecule has 1 N–H and O–H groups in total. The lowest BCUT2D eigenvalue weighted by Gasteiger charge is -2.10. The molecule has 0 saturated heterocycles. The third kappa shape index (κ3) is 6.84. The predicted octanol–water partition coefficient (Wildman–Crippen LogP) is 5.30. The van der Waals surface area contributed by atoms with Crippen molar-refractivity contribution in [2.45, 2.75) is 32.6 Å². The molecule has 0 fully saturated rings. The summed E-state index contributed by atoms with van der Waals surface area (Å²) in [5.41, 5.74) is 0. The molecule has 0 aliphatic rings. The van der Waals surface area contributed by atoms with Gasteiger partial charge in [0.15, 0.2) is 0 Å². The van der Waals surface area contributed by atoms with Crippen LogP contribution in [0.2, 0.25) is 10.0 Å². The lowest BCUT2D eigenvalue weighted by molar-refractivity contribution is 0.313. The first kappa shape index (κ1) is 17.1. The normalized spacial score (nSPS) is 10.7. The maximum atomic E-state index is 6.06. The zero-order valence-electron chi connectivity index (χ0n) is 11.1. The van der Waals surface area contributed by atoms with E-state index in [0.717, 1.165) is 17.6 Å². The van der Waals surface area contributed by atoms with Crippen molar-refractivity contribution in [3.8, 4) is 5.75 Å². The van der Waals surface area contributed by atoms with Gasteiger partial charge < -0.3 is 10.1 Å². The van der Waals surface area contributed by atoms with Crippen molar-refractivity contribution in [3.05, 3.63) is 26.7 Å². The SMILES string of the molecule is CCCCCCNCCOc1cc(Cl)c(Br)cc1Cl. The van der Waals surface area contributed by atoms with Crippen LogP contribution < -0.4 is 10.1 Å². The van der Waals surface area contributed by atoms with Crippen LogP contribution in [0.3, 0.4) is 0 Å². The van der Waals surface area contributed by atoms with Gasteiger partial charge in [-0.3, -0.25) is 0 Å². The number of hydrogen-bond acceptors (Lipinski definition) is 2. The highest BCUT2D eigenvalue weighted by atomic mass is 79.9. The predicted molar refractivity (Wildman–Crippen MR) is 86.7 cm³/mol. The fourth-order valence-corrected chi connectivity index (χ4v) is 2.50. The van der Waals surface area contributed by atoms with Crippen molar-refractivity contribution in [3.63, 3.8) is 0 Å². The third-order valence-electron chi connectivity index (χ3n) is 2.72. The van der Waals surface area contributed by atoms with Crippen LogP contribution in [0.4, 0.5) is 0 Å². The topological polar surface area (TPSA) is 21.3 Å². The summed E-state index contributed by atoms with van der Waals surface area (Å²) in [6.07, 6.45) is 5.09. The minimum absolute atomic E-state index is 0.569. The van der Waals surface area contributed by atoms with Crippen molar-refractivity contribution in [1.82, 2.24) is 5.32 Å². The minimum atomic E-state index is 0.569. The maximum Gasteiger partial charge on any atom is 0.139 e. The molecule has 0 heterocycles. The summed E-state index contributed by atoms with van der Waals surface area (Å²) >= 11 is 15.4. The van der Waals surface area contributed by atoms with Crippen molar-refractivity contribution < 1.29 is 4.74 Å². The number of unbranched alkanes of at least 4 members (excludes halogenated alkanes) is 3. The molecule has 0 spiro atoms.